The smallest absolute Gasteiger partial charge is 0.239 e. The molecule has 0 aromatic heterocycles. The van der Waals surface area contributed by atoms with E-state index in [0.29, 0.717) is 6.04 Å². The minimum absolute atomic E-state index is 0.0570. The van der Waals surface area contributed by atoms with Crippen molar-refractivity contribution in [2.45, 2.75) is 45.3 Å². The molecule has 4 nitrogen and oxygen atoms in total. The van der Waals surface area contributed by atoms with Gasteiger partial charge in [-0.05, 0) is 30.9 Å². The normalized spacial score (nSPS) is 20.3. The van der Waals surface area contributed by atoms with Crippen molar-refractivity contribution in [1.82, 2.24) is 9.80 Å². The molecule has 1 saturated heterocycles. The van der Waals surface area contributed by atoms with Gasteiger partial charge < -0.3 is 10.6 Å². The maximum Gasteiger partial charge on any atom is 0.239 e. The van der Waals surface area contributed by atoms with Gasteiger partial charge in [0.25, 0.3) is 0 Å². The molecule has 1 heterocycles. The summed E-state index contributed by atoms with van der Waals surface area (Å²) < 4.78 is 0. The summed E-state index contributed by atoms with van der Waals surface area (Å²) in [6.07, 6.45) is 2.36. The highest BCUT2D eigenvalue weighted by Crippen LogP contribution is 2.21. The fourth-order valence-electron chi connectivity index (χ4n) is 3.07. The summed E-state index contributed by atoms with van der Waals surface area (Å²) in [7, 11) is 1.88. The second kappa shape index (κ2) is 7.75. The number of rotatable bonds is 6. The van der Waals surface area contributed by atoms with Gasteiger partial charge >= 0.3 is 0 Å². The number of hydrogen-bond donors (Lipinski definition) is 1. The first kappa shape index (κ1) is 17.0. The third-order valence-corrected chi connectivity index (χ3v) is 4.59. The summed E-state index contributed by atoms with van der Waals surface area (Å²) in [5.41, 5.74) is 7.32. The Labute approximate surface area is 134 Å². The van der Waals surface area contributed by atoms with Crippen LogP contribution in [-0.2, 0) is 11.3 Å². The van der Waals surface area contributed by atoms with Gasteiger partial charge in [0.05, 0.1) is 6.04 Å². The van der Waals surface area contributed by atoms with Crippen molar-refractivity contribution in [3.05, 3.63) is 35.9 Å². The monoisotopic (exact) mass is 303 g/mol. The Hall–Kier alpha value is -1.39. The lowest BCUT2D eigenvalue weighted by Crippen LogP contribution is -2.48. The molecule has 4 heteroatoms. The molecule has 1 aromatic carbocycles. The number of carbonyl (C=O) groups excluding carboxylic acids is 1. The molecule has 122 valence electrons. The third-order valence-electron chi connectivity index (χ3n) is 4.59. The van der Waals surface area contributed by atoms with Gasteiger partial charge in [-0.25, -0.2) is 0 Å². The Kier molecular flexibility index (Phi) is 5.98. The van der Waals surface area contributed by atoms with Crippen molar-refractivity contribution >= 4 is 5.91 Å². The minimum Gasteiger partial charge on any atom is -0.343 e. The molecule has 1 aliphatic rings. The number of nitrogens with two attached hydrogens (primary N) is 1. The number of carbonyl (C=O) groups is 1. The van der Waals surface area contributed by atoms with Crippen LogP contribution in [0.5, 0.6) is 0 Å². The van der Waals surface area contributed by atoms with E-state index in [-0.39, 0.29) is 11.8 Å². The molecule has 0 aliphatic carbocycles. The summed E-state index contributed by atoms with van der Waals surface area (Å²) in [4.78, 5) is 16.6. The SMILES string of the molecule is CC(C)[C@H](N)C(=O)N(C)CC1CCCN1Cc1ccccc1. The molecule has 1 fully saturated rings. The lowest BCUT2D eigenvalue weighted by Gasteiger charge is -2.30. The van der Waals surface area contributed by atoms with Crippen molar-refractivity contribution in [1.29, 1.82) is 0 Å². The number of hydrogen-bond acceptors (Lipinski definition) is 3. The van der Waals surface area contributed by atoms with Gasteiger partial charge in [0.15, 0.2) is 0 Å². The van der Waals surface area contributed by atoms with Gasteiger partial charge in [-0.15, -0.1) is 0 Å². The van der Waals surface area contributed by atoms with Crippen LogP contribution in [0.25, 0.3) is 0 Å². The molecule has 22 heavy (non-hydrogen) atoms. The van der Waals surface area contributed by atoms with Crippen LogP contribution in [0.1, 0.15) is 32.3 Å². The Balaban J connectivity index is 1.92. The van der Waals surface area contributed by atoms with Crippen molar-refractivity contribution in [2.75, 3.05) is 20.1 Å². The van der Waals surface area contributed by atoms with Gasteiger partial charge in [-0.1, -0.05) is 44.2 Å². The first-order valence-corrected chi connectivity index (χ1v) is 8.27. The standard InChI is InChI=1S/C18H29N3O/c1-14(2)17(19)18(22)20(3)13-16-10-7-11-21(16)12-15-8-5-4-6-9-15/h4-6,8-9,14,16-17H,7,10-13,19H2,1-3H3/t16?,17-/m0/s1. The molecule has 1 amide bonds. The first-order chi connectivity index (χ1) is 10.5. The number of amides is 1. The van der Waals surface area contributed by atoms with Crippen LogP contribution in [0.15, 0.2) is 30.3 Å². The molecule has 2 atom stereocenters. The Morgan fingerprint density at radius 3 is 2.68 bits per heavy atom. The lowest BCUT2D eigenvalue weighted by atomic mass is 10.0. The van der Waals surface area contributed by atoms with Crippen molar-refractivity contribution in [3.8, 4) is 0 Å². The molecule has 0 spiro atoms. The fourth-order valence-corrected chi connectivity index (χ4v) is 3.07. The van der Waals surface area contributed by atoms with Crippen molar-refractivity contribution in [2.24, 2.45) is 11.7 Å². The number of likely N-dealkylation sites (N-methyl/N-ethyl adjacent to an activating group) is 1. The van der Waals surface area contributed by atoms with E-state index in [2.05, 4.69) is 29.2 Å². The zero-order valence-corrected chi connectivity index (χ0v) is 14.0. The van der Waals surface area contributed by atoms with E-state index in [1.165, 1.54) is 12.0 Å². The van der Waals surface area contributed by atoms with E-state index in [4.69, 9.17) is 5.73 Å². The molecular formula is C18H29N3O. The largest absolute Gasteiger partial charge is 0.343 e. The number of benzene rings is 1. The Morgan fingerprint density at radius 1 is 1.36 bits per heavy atom. The second-order valence-electron chi connectivity index (χ2n) is 6.74. The van der Waals surface area contributed by atoms with Gasteiger partial charge in [0, 0.05) is 26.2 Å². The fraction of sp³-hybridized carbons (Fsp3) is 0.611. The third kappa shape index (κ3) is 4.31. The molecule has 2 rings (SSSR count). The van der Waals surface area contributed by atoms with Crippen LogP contribution >= 0.6 is 0 Å². The summed E-state index contributed by atoms with van der Waals surface area (Å²) in [5, 5.41) is 0. The lowest BCUT2D eigenvalue weighted by molar-refractivity contribution is -0.132. The molecule has 1 aromatic rings. The van der Waals surface area contributed by atoms with Crippen LogP contribution in [0.3, 0.4) is 0 Å². The van der Waals surface area contributed by atoms with E-state index >= 15 is 0 Å². The predicted molar refractivity (Wildman–Crippen MR) is 90.3 cm³/mol. The summed E-state index contributed by atoms with van der Waals surface area (Å²) >= 11 is 0. The average Bonchev–Trinajstić information content (AvgIpc) is 2.93. The Bertz CT molecular complexity index is 474. The van der Waals surface area contributed by atoms with E-state index in [0.717, 1.165) is 26.1 Å². The van der Waals surface area contributed by atoms with E-state index in [9.17, 15) is 4.79 Å². The summed E-state index contributed by atoms with van der Waals surface area (Å²) in [6, 6.07) is 10.6. The average molecular weight is 303 g/mol. The highest BCUT2D eigenvalue weighted by atomic mass is 16.2. The Morgan fingerprint density at radius 2 is 2.05 bits per heavy atom. The van der Waals surface area contributed by atoms with Gasteiger partial charge in [0.2, 0.25) is 5.91 Å². The van der Waals surface area contributed by atoms with Gasteiger partial charge in [-0.2, -0.15) is 0 Å². The zero-order valence-electron chi connectivity index (χ0n) is 14.0. The van der Waals surface area contributed by atoms with Crippen LogP contribution in [-0.4, -0.2) is 47.9 Å². The summed E-state index contributed by atoms with van der Waals surface area (Å²) in [5.74, 6) is 0.237. The van der Waals surface area contributed by atoms with Crippen LogP contribution in [0.4, 0.5) is 0 Å². The van der Waals surface area contributed by atoms with Gasteiger partial charge in [-0.3, -0.25) is 9.69 Å². The van der Waals surface area contributed by atoms with Gasteiger partial charge in [0.1, 0.15) is 0 Å². The molecule has 2 N–H and O–H groups in total. The van der Waals surface area contributed by atoms with Crippen molar-refractivity contribution in [3.63, 3.8) is 0 Å². The molecule has 0 saturated carbocycles. The van der Waals surface area contributed by atoms with Crippen LogP contribution in [0.2, 0.25) is 0 Å². The summed E-state index contributed by atoms with van der Waals surface area (Å²) in [6.45, 7) is 6.83. The van der Waals surface area contributed by atoms with E-state index < -0.39 is 6.04 Å². The maximum absolute atomic E-state index is 12.3. The predicted octanol–water partition coefficient (Wildman–Crippen LogP) is 2.09. The molecule has 0 radical (unpaired) electrons. The number of likely N-dealkylation sites (tertiary alicyclic amines) is 1. The topological polar surface area (TPSA) is 49.6 Å². The van der Waals surface area contributed by atoms with E-state index in [1.54, 1.807) is 0 Å². The zero-order chi connectivity index (χ0) is 16.1. The van der Waals surface area contributed by atoms with Crippen LogP contribution in [0, 0.1) is 5.92 Å². The molecular weight excluding hydrogens is 274 g/mol. The maximum atomic E-state index is 12.3. The van der Waals surface area contributed by atoms with Crippen molar-refractivity contribution < 1.29 is 4.79 Å². The quantitative estimate of drug-likeness (QED) is 0.875. The molecule has 1 aliphatic heterocycles. The second-order valence-corrected chi connectivity index (χ2v) is 6.74. The molecule has 1 unspecified atom stereocenters. The number of nitrogens with zero attached hydrogens (tertiary/aromatic N) is 2. The van der Waals surface area contributed by atoms with Crippen LogP contribution < -0.4 is 5.73 Å². The van der Waals surface area contributed by atoms with E-state index in [1.807, 2.05) is 31.9 Å². The molecule has 0 bridgehead atoms. The first-order valence-electron chi connectivity index (χ1n) is 8.27. The minimum atomic E-state index is -0.394. The highest BCUT2D eigenvalue weighted by molar-refractivity contribution is 5.81. The highest BCUT2D eigenvalue weighted by Gasteiger charge is 2.28.